The highest BCUT2D eigenvalue weighted by atomic mass is 79.9. The third kappa shape index (κ3) is 1.64. The van der Waals surface area contributed by atoms with Crippen LogP contribution in [0.1, 0.15) is 30.5 Å². The van der Waals surface area contributed by atoms with Crippen molar-refractivity contribution in [1.82, 2.24) is 14.6 Å². The molecule has 4 heteroatoms. The quantitative estimate of drug-likeness (QED) is 0.713. The molecule has 100 valence electrons. The fourth-order valence-corrected chi connectivity index (χ4v) is 3.77. The molecule has 2 heterocycles. The Morgan fingerprint density at radius 2 is 2.00 bits per heavy atom. The van der Waals surface area contributed by atoms with Crippen LogP contribution in [0.5, 0.6) is 0 Å². The average Bonchev–Trinajstić information content (AvgIpc) is 2.83. The third-order valence-electron chi connectivity index (χ3n) is 4.32. The predicted octanol–water partition coefficient (Wildman–Crippen LogP) is 3.96. The summed E-state index contributed by atoms with van der Waals surface area (Å²) in [4.78, 5) is 4.38. The third-order valence-corrected chi connectivity index (χ3v) is 5.01. The normalized spacial score (nSPS) is 17.1. The van der Waals surface area contributed by atoms with Crippen molar-refractivity contribution in [3.05, 3.63) is 64.5 Å². The molecule has 0 amide bonds. The molecule has 0 bridgehead atoms. The number of benzene rings is 1. The SMILES string of the molecule is Brc1ccccc1C1(c2cc3ncccn3n2)CCC1. The van der Waals surface area contributed by atoms with E-state index in [2.05, 4.69) is 51.2 Å². The number of aromatic nitrogens is 3. The molecule has 0 unspecified atom stereocenters. The highest BCUT2D eigenvalue weighted by Crippen LogP contribution is 2.50. The lowest BCUT2D eigenvalue weighted by Crippen LogP contribution is -2.36. The first-order valence-corrected chi connectivity index (χ1v) is 7.65. The van der Waals surface area contributed by atoms with Crippen LogP contribution in [0.2, 0.25) is 0 Å². The van der Waals surface area contributed by atoms with Crippen molar-refractivity contribution >= 4 is 21.6 Å². The lowest BCUT2D eigenvalue weighted by Gasteiger charge is -2.41. The fraction of sp³-hybridized carbons (Fsp3) is 0.250. The van der Waals surface area contributed by atoms with E-state index in [9.17, 15) is 0 Å². The largest absolute Gasteiger partial charge is 0.237 e. The molecular formula is C16H14BrN3. The summed E-state index contributed by atoms with van der Waals surface area (Å²) < 4.78 is 3.04. The van der Waals surface area contributed by atoms with E-state index < -0.39 is 0 Å². The van der Waals surface area contributed by atoms with E-state index >= 15 is 0 Å². The number of hydrogen-bond acceptors (Lipinski definition) is 2. The van der Waals surface area contributed by atoms with Crippen molar-refractivity contribution in [2.75, 3.05) is 0 Å². The molecule has 1 aliphatic rings. The molecule has 2 aromatic heterocycles. The standard InChI is InChI=1S/C16H14BrN3/c17-13-6-2-1-5-12(13)16(7-3-8-16)14-11-15-18-9-4-10-20(15)19-14/h1-2,4-6,9-11H,3,7-8H2. The van der Waals surface area contributed by atoms with Gasteiger partial charge in [0.1, 0.15) is 0 Å². The maximum atomic E-state index is 4.76. The number of rotatable bonds is 2. The van der Waals surface area contributed by atoms with Gasteiger partial charge in [-0.05, 0) is 30.5 Å². The van der Waals surface area contributed by atoms with Gasteiger partial charge in [-0.1, -0.05) is 40.5 Å². The van der Waals surface area contributed by atoms with Crippen LogP contribution in [0.15, 0.2) is 53.3 Å². The Morgan fingerprint density at radius 1 is 1.15 bits per heavy atom. The lowest BCUT2D eigenvalue weighted by molar-refractivity contribution is 0.291. The van der Waals surface area contributed by atoms with Gasteiger partial charge in [-0.2, -0.15) is 5.10 Å². The molecule has 20 heavy (non-hydrogen) atoms. The Labute approximate surface area is 125 Å². The molecule has 3 nitrogen and oxygen atoms in total. The second kappa shape index (κ2) is 4.42. The summed E-state index contributed by atoms with van der Waals surface area (Å²) in [6.07, 6.45) is 7.33. The van der Waals surface area contributed by atoms with Gasteiger partial charge in [0.15, 0.2) is 5.65 Å². The van der Waals surface area contributed by atoms with Gasteiger partial charge >= 0.3 is 0 Å². The smallest absolute Gasteiger partial charge is 0.155 e. The maximum absolute atomic E-state index is 4.76. The van der Waals surface area contributed by atoms with Crippen molar-refractivity contribution in [1.29, 1.82) is 0 Å². The van der Waals surface area contributed by atoms with Crippen molar-refractivity contribution in [2.45, 2.75) is 24.7 Å². The van der Waals surface area contributed by atoms with Crippen LogP contribution in [-0.2, 0) is 5.41 Å². The molecule has 1 aromatic carbocycles. The molecular weight excluding hydrogens is 314 g/mol. The summed E-state index contributed by atoms with van der Waals surface area (Å²) in [5.74, 6) is 0. The first-order chi connectivity index (χ1) is 9.79. The zero-order chi connectivity index (χ0) is 13.6. The van der Waals surface area contributed by atoms with Crippen LogP contribution in [-0.4, -0.2) is 14.6 Å². The molecule has 1 saturated carbocycles. The topological polar surface area (TPSA) is 30.2 Å². The van der Waals surface area contributed by atoms with Crippen LogP contribution in [0.4, 0.5) is 0 Å². The Kier molecular flexibility index (Phi) is 2.67. The summed E-state index contributed by atoms with van der Waals surface area (Å²) in [6.45, 7) is 0. The number of halogens is 1. The number of nitrogens with zero attached hydrogens (tertiary/aromatic N) is 3. The Hall–Kier alpha value is -1.68. The highest BCUT2D eigenvalue weighted by Gasteiger charge is 2.43. The first kappa shape index (κ1) is 12.1. The van der Waals surface area contributed by atoms with E-state index in [-0.39, 0.29) is 5.41 Å². The summed E-state index contributed by atoms with van der Waals surface area (Å²) in [5.41, 5.74) is 3.44. The van der Waals surface area contributed by atoms with Gasteiger partial charge in [0, 0.05) is 28.3 Å². The van der Waals surface area contributed by atoms with Crippen molar-refractivity contribution in [3.63, 3.8) is 0 Å². The van der Waals surface area contributed by atoms with Crippen LogP contribution >= 0.6 is 15.9 Å². The molecule has 0 N–H and O–H groups in total. The molecule has 4 rings (SSSR count). The molecule has 0 spiro atoms. The Balaban J connectivity index is 1.91. The molecule has 0 aliphatic heterocycles. The van der Waals surface area contributed by atoms with E-state index in [0.717, 1.165) is 24.2 Å². The number of hydrogen-bond donors (Lipinski definition) is 0. The fourth-order valence-electron chi connectivity index (χ4n) is 3.11. The highest BCUT2D eigenvalue weighted by molar-refractivity contribution is 9.10. The zero-order valence-electron chi connectivity index (χ0n) is 11.0. The van der Waals surface area contributed by atoms with Gasteiger partial charge in [0.2, 0.25) is 0 Å². The monoisotopic (exact) mass is 327 g/mol. The van der Waals surface area contributed by atoms with E-state index in [0.29, 0.717) is 0 Å². The summed E-state index contributed by atoms with van der Waals surface area (Å²) in [6, 6.07) is 12.5. The Morgan fingerprint density at radius 3 is 2.70 bits per heavy atom. The van der Waals surface area contributed by atoms with Crippen molar-refractivity contribution < 1.29 is 0 Å². The van der Waals surface area contributed by atoms with Gasteiger partial charge in [-0.3, -0.25) is 0 Å². The van der Waals surface area contributed by atoms with Gasteiger partial charge in [-0.25, -0.2) is 9.50 Å². The number of fused-ring (bicyclic) bond motifs is 1. The van der Waals surface area contributed by atoms with Crippen LogP contribution in [0.25, 0.3) is 5.65 Å². The first-order valence-electron chi connectivity index (χ1n) is 6.85. The average molecular weight is 328 g/mol. The summed E-state index contributed by atoms with van der Waals surface area (Å²) in [5, 5.41) is 4.76. The van der Waals surface area contributed by atoms with E-state index in [4.69, 9.17) is 5.10 Å². The van der Waals surface area contributed by atoms with E-state index in [1.165, 1.54) is 16.5 Å². The van der Waals surface area contributed by atoms with Crippen molar-refractivity contribution in [2.24, 2.45) is 0 Å². The summed E-state index contributed by atoms with van der Waals surface area (Å²) >= 11 is 3.70. The van der Waals surface area contributed by atoms with Gasteiger partial charge < -0.3 is 0 Å². The predicted molar refractivity (Wildman–Crippen MR) is 81.8 cm³/mol. The second-order valence-electron chi connectivity index (χ2n) is 5.37. The van der Waals surface area contributed by atoms with E-state index in [1.54, 1.807) is 0 Å². The molecule has 0 radical (unpaired) electrons. The van der Waals surface area contributed by atoms with Gasteiger partial charge in [-0.15, -0.1) is 0 Å². The zero-order valence-corrected chi connectivity index (χ0v) is 12.5. The molecule has 0 atom stereocenters. The molecule has 1 aliphatic carbocycles. The van der Waals surface area contributed by atoms with Crippen molar-refractivity contribution in [3.8, 4) is 0 Å². The molecule has 1 fully saturated rings. The molecule has 3 aromatic rings. The van der Waals surface area contributed by atoms with Crippen LogP contribution < -0.4 is 0 Å². The molecule has 0 saturated heterocycles. The second-order valence-corrected chi connectivity index (χ2v) is 6.22. The minimum atomic E-state index is 0.0494. The lowest BCUT2D eigenvalue weighted by atomic mass is 9.62. The summed E-state index contributed by atoms with van der Waals surface area (Å²) in [7, 11) is 0. The Bertz CT molecular complexity index is 741. The van der Waals surface area contributed by atoms with E-state index in [1.807, 2.05) is 23.0 Å². The minimum Gasteiger partial charge on any atom is -0.237 e. The van der Waals surface area contributed by atoms with Gasteiger partial charge in [0.25, 0.3) is 0 Å². The van der Waals surface area contributed by atoms with Crippen LogP contribution in [0.3, 0.4) is 0 Å². The minimum absolute atomic E-state index is 0.0494. The maximum Gasteiger partial charge on any atom is 0.155 e. The van der Waals surface area contributed by atoms with Gasteiger partial charge in [0.05, 0.1) is 5.69 Å². The van der Waals surface area contributed by atoms with Crippen LogP contribution in [0, 0.1) is 0 Å².